The molecule has 1 fully saturated rings. The Hall–Kier alpha value is -2.40. The molecule has 1 aliphatic carbocycles. The van der Waals surface area contributed by atoms with Gasteiger partial charge in [0.15, 0.2) is 0 Å². The number of hydrogen-bond donors (Lipinski definition) is 1. The molecule has 4 rings (SSSR count). The molecule has 0 spiro atoms. The second-order valence-electron chi connectivity index (χ2n) is 5.80. The summed E-state index contributed by atoms with van der Waals surface area (Å²) in [5.41, 5.74) is 2.33. The van der Waals surface area contributed by atoms with E-state index in [1.54, 1.807) is 16.0 Å². The number of nitrogens with one attached hydrogen (secondary N) is 1. The van der Waals surface area contributed by atoms with Gasteiger partial charge in [-0.05, 0) is 42.3 Å². The Labute approximate surface area is 138 Å². The summed E-state index contributed by atoms with van der Waals surface area (Å²) in [6.07, 6.45) is 4.27. The largest absolute Gasteiger partial charge is 0.352 e. The number of hydrogen-bond acceptors (Lipinski definition) is 3. The standard InChI is InChI=1S/C18H17N3OS/c22-18(19-11-13-8-9-13)15-12-21(14-5-2-1-3-6-14)20-17(15)16-7-4-10-23-16/h1-7,10,12-13H,8-9,11H2,(H,19,22). The molecule has 1 saturated carbocycles. The maximum atomic E-state index is 12.6. The van der Waals surface area contributed by atoms with Crippen LogP contribution in [0.1, 0.15) is 23.2 Å². The topological polar surface area (TPSA) is 46.9 Å². The van der Waals surface area contributed by atoms with Gasteiger partial charge in [-0.1, -0.05) is 24.3 Å². The molecule has 0 saturated heterocycles. The van der Waals surface area contributed by atoms with Crippen molar-refractivity contribution in [3.05, 3.63) is 59.6 Å². The molecule has 2 heterocycles. The molecule has 0 bridgehead atoms. The van der Waals surface area contributed by atoms with E-state index in [-0.39, 0.29) is 5.91 Å². The lowest BCUT2D eigenvalue weighted by atomic mass is 10.2. The number of rotatable bonds is 5. The molecule has 116 valence electrons. The molecular formula is C18H17N3OS. The Balaban J connectivity index is 1.70. The predicted molar refractivity (Wildman–Crippen MR) is 91.9 cm³/mol. The number of carbonyl (C=O) groups is 1. The summed E-state index contributed by atoms with van der Waals surface area (Å²) in [5.74, 6) is 0.621. The average molecular weight is 323 g/mol. The van der Waals surface area contributed by atoms with Crippen LogP contribution < -0.4 is 5.32 Å². The van der Waals surface area contributed by atoms with Crippen LogP contribution in [-0.2, 0) is 0 Å². The minimum absolute atomic E-state index is 0.0394. The summed E-state index contributed by atoms with van der Waals surface area (Å²) < 4.78 is 1.78. The summed E-state index contributed by atoms with van der Waals surface area (Å²) >= 11 is 1.60. The first kappa shape index (κ1) is 14.2. The number of nitrogens with zero attached hydrogens (tertiary/aromatic N) is 2. The van der Waals surface area contributed by atoms with Gasteiger partial charge in [0, 0.05) is 12.7 Å². The van der Waals surface area contributed by atoms with Gasteiger partial charge < -0.3 is 5.32 Å². The van der Waals surface area contributed by atoms with E-state index < -0.39 is 0 Å². The van der Waals surface area contributed by atoms with Crippen molar-refractivity contribution in [3.63, 3.8) is 0 Å². The molecule has 0 radical (unpaired) electrons. The minimum Gasteiger partial charge on any atom is -0.352 e. The SMILES string of the molecule is O=C(NCC1CC1)c1cn(-c2ccccc2)nc1-c1cccs1. The van der Waals surface area contributed by atoms with E-state index in [1.807, 2.05) is 54.0 Å². The predicted octanol–water partition coefficient (Wildman–Crippen LogP) is 3.74. The highest BCUT2D eigenvalue weighted by molar-refractivity contribution is 7.13. The molecular weight excluding hydrogens is 306 g/mol. The van der Waals surface area contributed by atoms with E-state index in [4.69, 9.17) is 0 Å². The summed E-state index contributed by atoms with van der Waals surface area (Å²) in [5, 5.41) is 9.70. The Morgan fingerprint density at radius 2 is 2.04 bits per heavy atom. The first-order valence-electron chi connectivity index (χ1n) is 7.78. The highest BCUT2D eigenvalue weighted by Gasteiger charge is 2.24. The molecule has 1 N–H and O–H groups in total. The van der Waals surface area contributed by atoms with Gasteiger partial charge in [-0.15, -0.1) is 11.3 Å². The van der Waals surface area contributed by atoms with Crippen molar-refractivity contribution < 1.29 is 4.79 Å². The maximum absolute atomic E-state index is 12.6. The van der Waals surface area contributed by atoms with Gasteiger partial charge >= 0.3 is 0 Å². The molecule has 0 aliphatic heterocycles. The molecule has 1 amide bonds. The van der Waals surface area contributed by atoms with Crippen molar-refractivity contribution in [3.8, 4) is 16.3 Å². The molecule has 4 nitrogen and oxygen atoms in total. The summed E-state index contributed by atoms with van der Waals surface area (Å²) in [4.78, 5) is 13.6. The van der Waals surface area contributed by atoms with E-state index >= 15 is 0 Å². The number of aromatic nitrogens is 2. The molecule has 2 aromatic heterocycles. The van der Waals surface area contributed by atoms with E-state index in [1.165, 1.54) is 12.8 Å². The third-order valence-electron chi connectivity index (χ3n) is 3.98. The van der Waals surface area contributed by atoms with Crippen molar-refractivity contribution >= 4 is 17.2 Å². The fourth-order valence-electron chi connectivity index (χ4n) is 2.50. The zero-order valence-corrected chi connectivity index (χ0v) is 13.4. The molecule has 5 heteroatoms. The van der Waals surface area contributed by atoms with Gasteiger partial charge in [0.1, 0.15) is 5.69 Å². The number of carbonyl (C=O) groups excluding carboxylic acids is 1. The van der Waals surface area contributed by atoms with E-state index in [9.17, 15) is 4.79 Å². The van der Waals surface area contributed by atoms with Crippen LogP contribution in [-0.4, -0.2) is 22.2 Å². The Kier molecular flexibility index (Phi) is 3.71. The number of para-hydroxylation sites is 1. The smallest absolute Gasteiger partial charge is 0.255 e. The van der Waals surface area contributed by atoms with Crippen molar-refractivity contribution in [2.45, 2.75) is 12.8 Å². The van der Waals surface area contributed by atoms with Crippen LogP contribution in [0, 0.1) is 5.92 Å². The van der Waals surface area contributed by atoms with E-state index in [2.05, 4.69) is 10.4 Å². The molecule has 23 heavy (non-hydrogen) atoms. The molecule has 0 unspecified atom stereocenters. The molecule has 3 aromatic rings. The van der Waals surface area contributed by atoms with Gasteiger partial charge in [-0.25, -0.2) is 4.68 Å². The zero-order valence-electron chi connectivity index (χ0n) is 12.6. The first-order valence-corrected chi connectivity index (χ1v) is 8.66. The van der Waals surface area contributed by atoms with Gasteiger partial charge in [-0.3, -0.25) is 4.79 Å². The van der Waals surface area contributed by atoms with Crippen LogP contribution in [0.2, 0.25) is 0 Å². The molecule has 0 atom stereocenters. The van der Waals surface area contributed by atoms with Crippen LogP contribution in [0.4, 0.5) is 0 Å². The van der Waals surface area contributed by atoms with Gasteiger partial charge in [-0.2, -0.15) is 5.10 Å². The normalized spacial score (nSPS) is 13.9. The summed E-state index contributed by atoms with van der Waals surface area (Å²) in [7, 11) is 0. The van der Waals surface area contributed by atoms with Crippen molar-refractivity contribution in [2.24, 2.45) is 5.92 Å². The third-order valence-corrected chi connectivity index (χ3v) is 4.86. The fraction of sp³-hybridized carbons (Fsp3) is 0.222. The van der Waals surface area contributed by atoms with Crippen molar-refractivity contribution in [1.82, 2.24) is 15.1 Å². The van der Waals surface area contributed by atoms with Crippen molar-refractivity contribution in [1.29, 1.82) is 0 Å². The monoisotopic (exact) mass is 323 g/mol. The highest BCUT2D eigenvalue weighted by Crippen LogP contribution is 2.29. The Morgan fingerprint density at radius 1 is 1.22 bits per heavy atom. The summed E-state index contributed by atoms with van der Waals surface area (Å²) in [6.45, 7) is 0.763. The quantitative estimate of drug-likeness (QED) is 0.777. The summed E-state index contributed by atoms with van der Waals surface area (Å²) in [6, 6.07) is 13.8. The highest BCUT2D eigenvalue weighted by atomic mass is 32.1. The number of benzene rings is 1. The van der Waals surface area contributed by atoms with E-state index in [0.717, 1.165) is 22.8 Å². The maximum Gasteiger partial charge on any atom is 0.255 e. The van der Waals surface area contributed by atoms with Crippen LogP contribution >= 0.6 is 11.3 Å². The van der Waals surface area contributed by atoms with Gasteiger partial charge in [0.05, 0.1) is 16.1 Å². The Morgan fingerprint density at radius 3 is 2.74 bits per heavy atom. The molecule has 1 aliphatic rings. The lowest BCUT2D eigenvalue weighted by Gasteiger charge is -2.03. The zero-order chi connectivity index (χ0) is 15.6. The second-order valence-corrected chi connectivity index (χ2v) is 6.75. The lowest BCUT2D eigenvalue weighted by molar-refractivity contribution is 0.0952. The van der Waals surface area contributed by atoms with Crippen molar-refractivity contribution in [2.75, 3.05) is 6.54 Å². The Bertz CT molecular complexity index is 804. The van der Waals surface area contributed by atoms with Gasteiger partial charge in [0.2, 0.25) is 0 Å². The van der Waals surface area contributed by atoms with Crippen LogP contribution in [0.3, 0.4) is 0 Å². The number of amides is 1. The number of thiophene rings is 1. The van der Waals surface area contributed by atoms with Crippen LogP contribution in [0.5, 0.6) is 0 Å². The van der Waals surface area contributed by atoms with E-state index in [0.29, 0.717) is 11.5 Å². The minimum atomic E-state index is -0.0394. The fourth-order valence-corrected chi connectivity index (χ4v) is 3.23. The third kappa shape index (κ3) is 3.05. The second kappa shape index (κ2) is 6.01. The first-order chi connectivity index (χ1) is 11.3. The molecule has 1 aromatic carbocycles. The van der Waals surface area contributed by atoms with Crippen LogP contribution in [0.15, 0.2) is 54.0 Å². The van der Waals surface area contributed by atoms with Crippen LogP contribution in [0.25, 0.3) is 16.3 Å². The van der Waals surface area contributed by atoms with Gasteiger partial charge in [0.25, 0.3) is 5.91 Å². The average Bonchev–Trinajstić information content (AvgIpc) is 3.08. The lowest BCUT2D eigenvalue weighted by Crippen LogP contribution is -2.25.